The number of benzene rings is 1. The Kier molecular flexibility index (Phi) is 4.50. The molecule has 0 unspecified atom stereocenters. The molecule has 2 rings (SSSR count). The molecule has 3 N–H and O–H groups in total. The van der Waals surface area contributed by atoms with E-state index >= 15 is 0 Å². The first kappa shape index (κ1) is 14.5. The third-order valence-corrected chi connectivity index (χ3v) is 2.63. The van der Waals surface area contributed by atoms with Crippen molar-refractivity contribution in [2.24, 2.45) is 0 Å². The lowest BCUT2D eigenvalue weighted by atomic mass is 10.2. The number of nitrogens with one attached hydrogen (secondary N) is 1. The molecule has 0 aliphatic heterocycles. The maximum absolute atomic E-state index is 11.7. The zero-order valence-electron chi connectivity index (χ0n) is 11.4. The number of hydrogen-bond donors (Lipinski definition) is 2. The van der Waals surface area contributed by atoms with Crippen molar-refractivity contribution in [3.05, 3.63) is 36.2 Å². The number of para-hydroxylation sites is 1. The summed E-state index contributed by atoms with van der Waals surface area (Å²) in [5, 5.41) is 6.40. The highest BCUT2D eigenvalue weighted by Gasteiger charge is 2.10. The van der Waals surface area contributed by atoms with Crippen molar-refractivity contribution < 1.29 is 14.3 Å². The average Bonchev–Trinajstić information content (AvgIpc) is 2.84. The molecule has 1 aromatic carbocycles. The Labute approximate surface area is 120 Å². The summed E-state index contributed by atoms with van der Waals surface area (Å²) in [6.45, 7) is 1.36. The minimum absolute atomic E-state index is 0.0695. The largest absolute Gasteiger partial charge is 0.454 e. The Morgan fingerprint density at radius 3 is 2.81 bits per heavy atom. The number of aryl methyl sites for hydroxylation is 1. The lowest BCUT2D eigenvalue weighted by Gasteiger charge is -2.08. The molecule has 0 radical (unpaired) electrons. The van der Waals surface area contributed by atoms with Crippen LogP contribution in [0.1, 0.15) is 5.56 Å². The number of nitrogens with zero attached hydrogens (tertiary/aromatic N) is 3. The Morgan fingerprint density at radius 1 is 1.38 bits per heavy atom. The number of carbonyl (C=O) groups is 2. The topological polar surface area (TPSA) is 112 Å². The summed E-state index contributed by atoms with van der Waals surface area (Å²) in [4.78, 5) is 26.9. The van der Waals surface area contributed by atoms with Gasteiger partial charge in [0.2, 0.25) is 5.95 Å². The number of rotatable bonds is 5. The molecule has 21 heavy (non-hydrogen) atoms. The van der Waals surface area contributed by atoms with Gasteiger partial charge < -0.3 is 15.8 Å². The molecule has 1 heterocycles. The second kappa shape index (κ2) is 6.51. The maximum Gasteiger partial charge on any atom is 0.328 e. The number of nitrogen functional groups attached to an aromatic ring is 1. The Morgan fingerprint density at radius 2 is 2.14 bits per heavy atom. The fourth-order valence-corrected chi connectivity index (χ4v) is 1.61. The predicted octanol–water partition coefficient (Wildman–Crippen LogP) is 0.351. The summed E-state index contributed by atoms with van der Waals surface area (Å²) in [5.74, 6) is -0.935. The van der Waals surface area contributed by atoms with Gasteiger partial charge in [0.1, 0.15) is 12.9 Å². The Balaban J connectivity index is 1.78. The number of hydrogen-bond acceptors (Lipinski definition) is 6. The zero-order valence-corrected chi connectivity index (χ0v) is 11.4. The molecule has 8 nitrogen and oxygen atoms in total. The van der Waals surface area contributed by atoms with E-state index in [9.17, 15) is 9.59 Å². The van der Waals surface area contributed by atoms with Crippen LogP contribution in [0.3, 0.4) is 0 Å². The van der Waals surface area contributed by atoms with Gasteiger partial charge in [-0.2, -0.15) is 0 Å². The molecule has 0 saturated carbocycles. The zero-order chi connectivity index (χ0) is 15.2. The first-order valence-electron chi connectivity index (χ1n) is 6.20. The molecular formula is C13H15N5O3. The van der Waals surface area contributed by atoms with Crippen LogP contribution < -0.4 is 11.1 Å². The fraction of sp³-hybridized carbons (Fsp3) is 0.231. The highest BCUT2D eigenvalue weighted by Crippen LogP contribution is 2.12. The van der Waals surface area contributed by atoms with E-state index in [1.165, 1.54) is 11.0 Å². The summed E-state index contributed by atoms with van der Waals surface area (Å²) < 4.78 is 6.08. The van der Waals surface area contributed by atoms with Crippen LogP contribution in [0.25, 0.3) is 0 Å². The molecule has 110 valence electrons. The van der Waals surface area contributed by atoms with E-state index in [0.717, 1.165) is 5.56 Å². The van der Waals surface area contributed by atoms with E-state index in [1.54, 1.807) is 6.07 Å². The second-order valence-corrected chi connectivity index (χ2v) is 4.32. The number of esters is 1. The summed E-state index contributed by atoms with van der Waals surface area (Å²) >= 11 is 0. The summed E-state index contributed by atoms with van der Waals surface area (Å²) in [6.07, 6.45) is 1.31. The van der Waals surface area contributed by atoms with Crippen LogP contribution in [-0.2, 0) is 20.9 Å². The average molecular weight is 289 g/mol. The number of aromatic nitrogens is 3. The van der Waals surface area contributed by atoms with Crippen molar-refractivity contribution in [1.29, 1.82) is 0 Å². The van der Waals surface area contributed by atoms with Gasteiger partial charge in [0, 0.05) is 5.69 Å². The highest BCUT2D eigenvalue weighted by atomic mass is 16.5. The van der Waals surface area contributed by atoms with E-state index in [-0.39, 0.29) is 19.1 Å². The molecule has 0 spiro atoms. The molecule has 1 amide bonds. The summed E-state index contributed by atoms with van der Waals surface area (Å²) in [5.41, 5.74) is 6.93. The van der Waals surface area contributed by atoms with Crippen LogP contribution >= 0.6 is 0 Å². The minimum Gasteiger partial charge on any atom is -0.454 e. The maximum atomic E-state index is 11.7. The smallest absolute Gasteiger partial charge is 0.328 e. The van der Waals surface area contributed by atoms with Crippen LogP contribution in [0.15, 0.2) is 30.6 Å². The molecule has 0 aliphatic rings. The molecule has 2 aromatic rings. The van der Waals surface area contributed by atoms with E-state index in [4.69, 9.17) is 10.5 Å². The van der Waals surface area contributed by atoms with Gasteiger partial charge in [-0.15, -0.1) is 5.10 Å². The van der Waals surface area contributed by atoms with Crippen LogP contribution in [0, 0.1) is 6.92 Å². The highest BCUT2D eigenvalue weighted by molar-refractivity contribution is 5.93. The monoisotopic (exact) mass is 289 g/mol. The van der Waals surface area contributed by atoms with Crippen molar-refractivity contribution in [2.45, 2.75) is 13.5 Å². The van der Waals surface area contributed by atoms with Crippen molar-refractivity contribution in [1.82, 2.24) is 14.8 Å². The molecule has 8 heteroatoms. The lowest BCUT2D eigenvalue weighted by molar-refractivity contribution is -0.148. The second-order valence-electron chi connectivity index (χ2n) is 4.32. The number of ether oxygens (including phenoxy) is 1. The third-order valence-electron chi connectivity index (χ3n) is 2.63. The van der Waals surface area contributed by atoms with Gasteiger partial charge in [0.25, 0.3) is 5.91 Å². The number of carbonyl (C=O) groups excluding carboxylic acids is 2. The van der Waals surface area contributed by atoms with E-state index in [2.05, 4.69) is 15.4 Å². The van der Waals surface area contributed by atoms with Gasteiger partial charge in [-0.1, -0.05) is 18.2 Å². The molecule has 0 bridgehead atoms. The molecule has 0 saturated heterocycles. The van der Waals surface area contributed by atoms with Gasteiger partial charge in [0.05, 0.1) is 0 Å². The van der Waals surface area contributed by atoms with Gasteiger partial charge in [-0.25, -0.2) is 9.67 Å². The van der Waals surface area contributed by atoms with Gasteiger partial charge in [-0.05, 0) is 18.6 Å². The standard InChI is InChI=1S/C13H15N5O3/c1-9-4-2-3-5-10(9)16-11(19)7-21-12(20)6-18-8-15-13(14)17-18/h2-5,8H,6-7H2,1H3,(H2,14,17)(H,16,19). The Hall–Kier alpha value is -2.90. The third kappa shape index (κ3) is 4.30. The number of amides is 1. The molecule has 0 fully saturated rings. The SMILES string of the molecule is Cc1ccccc1NC(=O)COC(=O)Cn1cnc(N)n1. The van der Waals surface area contributed by atoms with Gasteiger partial charge >= 0.3 is 5.97 Å². The normalized spacial score (nSPS) is 10.1. The molecule has 1 aromatic heterocycles. The van der Waals surface area contributed by atoms with E-state index < -0.39 is 11.9 Å². The quantitative estimate of drug-likeness (QED) is 0.768. The van der Waals surface area contributed by atoms with Crippen molar-refractivity contribution in [3.8, 4) is 0 Å². The molecular weight excluding hydrogens is 274 g/mol. The van der Waals surface area contributed by atoms with Gasteiger partial charge in [0.15, 0.2) is 6.61 Å². The van der Waals surface area contributed by atoms with Gasteiger partial charge in [-0.3, -0.25) is 9.59 Å². The molecule has 0 aliphatic carbocycles. The van der Waals surface area contributed by atoms with Crippen LogP contribution in [0.5, 0.6) is 0 Å². The Bertz CT molecular complexity index is 653. The van der Waals surface area contributed by atoms with Crippen LogP contribution in [0.2, 0.25) is 0 Å². The molecule has 0 atom stereocenters. The van der Waals surface area contributed by atoms with Crippen molar-refractivity contribution >= 4 is 23.5 Å². The first-order valence-corrected chi connectivity index (χ1v) is 6.20. The van der Waals surface area contributed by atoms with E-state index in [1.807, 2.05) is 25.1 Å². The first-order chi connectivity index (χ1) is 10.0. The predicted molar refractivity (Wildman–Crippen MR) is 75.2 cm³/mol. The summed E-state index contributed by atoms with van der Waals surface area (Å²) in [7, 11) is 0. The number of nitrogens with two attached hydrogens (primary N) is 1. The van der Waals surface area contributed by atoms with Crippen LogP contribution in [-0.4, -0.2) is 33.2 Å². The van der Waals surface area contributed by atoms with Crippen molar-refractivity contribution in [2.75, 3.05) is 17.7 Å². The van der Waals surface area contributed by atoms with Crippen molar-refractivity contribution in [3.63, 3.8) is 0 Å². The fourth-order valence-electron chi connectivity index (χ4n) is 1.61. The lowest BCUT2D eigenvalue weighted by Crippen LogP contribution is -2.23. The summed E-state index contributed by atoms with van der Waals surface area (Å²) in [6, 6.07) is 7.32. The van der Waals surface area contributed by atoms with Crippen LogP contribution in [0.4, 0.5) is 11.6 Å². The van der Waals surface area contributed by atoms with E-state index in [0.29, 0.717) is 5.69 Å². The minimum atomic E-state index is -0.597. The number of anilines is 2.